The van der Waals surface area contributed by atoms with Crippen LogP contribution in [0.5, 0.6) is 0 Å². The number of alkyl halides is 1. The Bertz CT molecular complexity index is 979. The number of nitriles is 1. The van der Waals surface area contributed by atoms with E-state index in [2.05, 4.69) is 92.5 Å². The Morgan fingerprint density at radius 3 is 2.25 bits per heavy atom. The topological polar surface area (TPSA) is 58.2 Å². The van der Waals surface area contributed by atoms with Crippen LogP contribution in [0.15, 0.2) is 24.3 Å². The standard InChI is InChI=1S/C25H41BrN2O2Si2/c1-24(2,3)32(8,9)30-18-20(14-25(4,5)31(6,7)29)17-28-22(16-27)13-21-12-19(15-26)10-11-23(21)28/h10-13,20,29H,14-15,17-18H2,1-9H3/t20-/m0/s1. The van der Waals surface area contributed by atoms with Crippen LogP contribution in [0, 0.1) is 17.2 Å². The van der Waals surface area contributed by atoms with Crippen LogP contribution in [0.25, 0.3) is 10.9 Å². The third-order valence-corrected chi connectivity index (χ3v) is 16.3. The second-order valence-electron chi connectivity index (χ2n) is 11.9. The summed E-state index contributed by atoms with van der Waals surface area (Å²) in [5.74, 6) is 0.205. The zero-order chi connectivity index (χ0) is 24.5. The van der Waals surface area contributed by atoms with Crippen LogP contribution in [0.1, 0.15) is 52.3 Å². The molecule has 0 radical (unpaired) electrons. The van der Waals surface area contributed by atoms with Gasteiger partial charge in [0.1, 0.15) is 11.8 Å². The van der Waals surface area contributed by atoms with E-state index in [1.807, 2.05) is 19.2 Å². The van der Waals surface area contributed by atoms with E-state index in [1.165, 1.54) is 5.56 Å². The Labute approximate surface area is 205 Å². The van der Waals surface area contributed by atoms with E-state index >= 15 is 0 Å². The van der Waals surface area contributed by atoms with Crippen LogP contribution in [-0.4, -0.2) is 32.6 Å². The molecule has 0 saturated heterocycles. The van der Waals surface area contributed by atoms with Gasteiger partial charge in [0.05, 0.1) is 0 Å². The van der Waals surface area contributed by atoms with Crippen molar-refractivity contribution in [3.8, 4) is 6.07 Å². The molecule has 0 aliphatic heterocycles. The van der Waals surface area contributed by atoms with E-state index in [9.17, 15) is 10.1 Å². The minimum Gasteiger partial charge on any atom is -0.432 e. The predicted molar refractivity (Wildman–Crippen MR) is 144 cm³/mol. The lowest BCUT2D eigenvalue weighted by Gasteiger charge is -2.41. The maximum absolute atomic E-state index is 11.0. The number of rotatable bonds is 9. The van der Waals surface area contributed by atoms with Gasteiger partial charge >= 0.3 is 0 Å². The molecule has 0 bridgehead atoms. The molecule has 32 heavy (non-hydrogen) atoms. The van der Waals surface area contributed by atoms with Crippen molar-refractivity contribution in [3.63, 3.8) is 0 Å². The summed E-state index contributed by atoms with van der Waals surface area (Å²) >= 11 is 3.53. The van der Waals surface area contributed by atoms with Crippen molar-refractivity contribution in [1.29, 1.82) is 5.26 Å². The van der Waals surface area contributed by atoms with Crippen LogP contribution in [-0.2, 0) is 16.3 Å². The number of aromatic nitrogens is 1. The van der Waals surface area contributed by atoms with Crippen LogP contribution >= 0.6 is 15.9 Å². The van der Waals surface area contributed by atoms with Crippen LogP contribution in [0.2, 0.25) is 36.3 Å². The van der Waals surface area contributed by atoms with Gasteiger partial charge in [-0.25, -0.2) is 0 Å². The summed E-state index contributed by atoms with van der Waals surface area (Å²) in [7, 11) is -4.28. The average Bonchev–Trinajstić information content (AvgIpc) is 3.00. The van der Waals surface area contributed by atoms with Gasteiger partial charge in [0.25, 0.3) is 0 Å². The van der Waals surface area contributed by atoms with Gasteiger partial charge in [-0.15, -0.1) is 0 Å². The van der Waals surface area contributed by atoms with Gasteiger partial charge in [0, 0.05) is 29.4 Å². The lowest BCUT2D eigenvalue weighted by molar-refractivity contribution is 0.192. The Hall–Kier alpha value is -0.916. The highest BCUT2D eigenvalue weighted by Gasteiger charge is 2.41. The molecule has 0 saturated carbocycles. The molecule has 1 heterocycles. The summed E-state index contributed by atoms with van der Waals surface area (Å²) < 4.78 is 8.80. The highest BCUT2D eigenvalue weighted by molar-refractivity contribution is 9.08. The van der Waals surface area contributed by atoms with E-state index in [-0.39, 0.29) is 16.0 Å². The van der Waals surface area contributed by atoms with E-state index in [4.69, 9.17) is 4.43 Å². The first-order valence-electron chi connectivity index (χ1n) is 11.5. The predicted octanol–water partition coefficient (Wildman–Crippen LogP) is 7.41. The Balaban J connectivity index is 2.43. The quantitative estimate of drug-likeness (QED) is 0.268. The second kappa shape index (κ2) is 9.75. The van der Waals surface area contributed by atoms with E-state index < -0.39 is 16.6 Å². The first-order chi connectivity index (χ1) is 14.5. The molecule has 1 aromatic carbocycles. The Morgan fingerprint density at radius 2 is 1.75 bits per heavy atom. The van der Waals surface area contributed by atoms with Crippen LogP contribution in [0.4, 0.5) is 0 Å². The van der Waals surface area contributed by atoms with Crippen molar-refractivity contribution in [2.75, 3.05) is 6.61 Å². The third-order valence-electron chi connectivity index (χ3n) is 7.62. The molecular weight excluding hydrogens is 496 g/mol. The summed E-state index contributed by atoms with van der Waals surface area (Å²) in [6.45, 7) is 21.1. The van der Waals surface area contributed by atoms with Gasteiger partial charge in [0.15, 0.2) is 16.6 Å². The number of nitrogens with zero attached hydrogens (tertiary/aromatic N) is 2. The molecule has 7 heteroatoms. The minimum absolute atomic E-state index is 0.141. The summed E-state index contributed by atoms with van der Waals surface area (Å²) in [5.41, 5.74) is 2.97. The monoisotopic (exact) mass is 536 g/mol. The van der Waals surface area contributed by atoms with Crippen molar-refractivity contribution >= 4 is 43.5 Å². The van der Waals surface area contributed by atoms with Crippen molar-refractivity contribution < 1.29 is 9.22 Å². The summed E-state index contributed by atoms with van der Waals surface area (Å²) in [4.78, 5) is 11.0. The fraction of sp³-hybridized carbons (Fsp3) is 0.640. The molecule has 0 fully saturated rings. The molecular formula is C25H41BrN2O2Si2. The zero-order valence-electron chi connectivity index (χ0n) is 21.3. The molecule has 1 N–H and O–H groups in total. The molecule has 0 aliphatic rings. The Morgan fingerprint density at radius 1 is 1.12 bits per heavy atom. The number of benzene rings is 1. The van der Waals surface area contributed by atoms with Crippen molar-refractivity contribution in [2.45, 2.75) is 89.2 Å². The maximum Gasteiger partial charge on any atom is 0.191 e. The molecule has 0 aliphatic carbocycles. The lowest BCUT2D eigenvalue weighted by Crippen LogP contribution is -2.44. The van der Waals surface area contributed by atoms with E-state index in [1.54, 1.807) is 0 Å². The van der Waals surface area contributed by atoms with Gasteiger partial charge < -0.3 is 13.8 Å². The molecule has 0 unspecified atom stereocenters. The molecule has 178 valence electrons. The molecule has 2 rings (SSSR count). The molecule has 0 amide bonds. The maximum atomic E-state index is 11.0. The minimum atomic E-state index is -2.37. The fourth-order valence-electron chi connectivity index (χ4n) is 3.64. The molecule has 1 aromatic heterocycles. The van der Waals surface area contributed by atoms with E-state index in [0.717, 1.165) is 22.7 Å². The number of fused-ring (bicyclic) bond motifs is 1. The SMILES string of the molecule is CC(C)(C[C@H](CO[Si](C)(C)C(C)(C)C)Cn1c(C#N)cc2cc(CBr)ccc21)[Si](C)(C)O. The zero-order valence-corrected chi connectivity index (χ0v) is 24.9. The largest absolute Gasteiger partial charge is 0.432 e. The number of halogens is 1. The normalized spacial score (nSPS) is 14.6. The van der Waals surface area contributed by atoms with Crippen LogP contribution < -0.4 is 0 Å². The third kappa shape index (κ3) is 6.15. The van der Waals surface area contributed by atoms with Crippen molar-refractivity contribution in [3.05, 3.63) is 35.5 Å². The molecule has 0 spiro atoms. The average molecular weight is 538 g/mol. The van der Waals surface area contributed by atoms with Gasteiger partial charge in [0.2, 0.25) is 0 Å². The summed E-state index contributed by atoms with van der Waals surface area (Å²) in [6.07, 6.45) is 0.862. The van der Waals surface area contributed by atoms with Gasteiger partial charge in [-0.1, -0.05) is 56.6 Å². The molecule has 4 nitrogen and oxygen atoms in total. The Kier molecular flexibility index (Phi) is 8.33. The molecule has 2 aromatic rings. The number of hydrogen-bond donors (Lipinski definition) is 1. The van der Waals surface area contributed by atoms with Crippen molar-refractivity contribution in [2.24, 2.45) is 5.92 Å². The van der Waals surface area contributed by atoms with Gasteiger partial charge in [-0.3, -0.25) is 0 Å². The smallest absolute Gasteiger partial charge is 0.191 e. The van der Waals surface area contributed by atoms with Crippen molar-refractivity contribution in [1.82, 2.24) is 4.57 Å². The second-order valence-corrected chi connectivity index (χ2v) is 21.7. The molecule has 1 atom stereocenters. The summed E-state index contributed by atoms with van der Waals surface area (Å²) in [5, 5.41) is 11.7. The first-order valence-corrected chi connectivity index (χ1v) is 18.4. The number of hydrogen-bond acceptors (Lipinski definition) is 3. The van der Waals surface area contributed by atoms with Gasteiger partial charge in [-0.05, 0) is 72.4 Å². The highest BCUT2D eigenvalue weighted by Crippen LogP contribution is 2.43. The fourth-order valence-corrected chi connectivity index (χ4v) is 5.86. The van der Waals surface area contributed by atoms with Crippen LogP contribution in [0.3, 0.4) is 0 Å². The first kappa shape index (κ1) is 27.3. The highest BCUT2D eigenvalue weighted by atomic mass is 79.9. The summed E-state index contributed by atoms with van der Waals surface area (Å²) in [6, 6.07) is 10.8. The lowest BCUT2D eigenvalue weighted by atomic mass is 9.96. The van der Waals surface area contributed by atoms with E-state index in [0.29, 0.717) is 18.8 Å². The van der Waals surface area contributed by atoms with Gasteiger partial charge in [-0.2, -0.15) is 5.26 Å².